The van der Waals surface area contributed by atoms with Crippen LogP contribution in [0.3, 0.4) is 0 Å². The minimum Gasteiger partial charge on any atom is -0.395 e. The zero-order valence-corrected chi connectivity index (χ0v) is 24.7. The molecule has 13 heteroatoms. The molecule has 2 saturated heterocycles. The van der Waals surface area contributed by atoms with Crippen molar-refractivity contribution < 1.29 is 22.3 Å². The average Bonchev–Trinajstić information content (AvgIpc) is 3.52. The summed E-state index contributed by atoms with van der Waals surface area (Å²) >= 11 is 0. The minimum absolute atomic E-state index is 0.197. The molecular formula is C29H37F2N7O3S. The fourth-order valence-corrected chi connectivity index (χ4v) is 6.61. The van der Waals surface area contributed by atoms with Gasteiger partial charge in [-0.05, 0) is 69.2 Å². The lowest BCUT2D eigenvalue weighted by atomic mass is 9.93. The van der Waals surface area contributed by atoms with E-state index in [4.69, 9.17) is 4.98 Å². The van der Waals surface area contributed by atoms with Gasteiger partial charge in [-0.3, -0.25) is 4.72 Å². The molecule has 2 N–H and O–H groups in total. The van der Waals surface area contributed by atoms with Crippen LogP contribution >= 0.6 is 0 Å². The lowest BCUT2D eigenvalue weighted by Gasteiger charge is -2.35. The monoisotopic (exact) mass is 601 g/mol. The molecule has 1 atom stereocenters. The molecular weight excluding hydrogens is 564 g/mol. The van der Waals surface area contributed by atoms with Crippen LogP contribution in [0.4, 0.5) is 26.1 Å². The van der Waals surface area contributed by atoms with Crippen molar-refractivity contribution in [3.8, 4) is 16.9 Å². The first-order chi connectivity index (χ1) is 20.0. The predicted molar refractivity (Wildman–Crippen MR) is 158 cm³/mol. The molecule has 3 aliphatic rings. The number of anilines is 3. The summed E-state index contributed by atoms with van der Waals surface area (Å²) in [4.78, 5) is 13.3. The molecule has 3 aromatic rings. The fourth-order valence-electron chi connectivity index (χ4n) is 5.76. The van der Waals surface area contributed by atoms with E-state index < -0.39 is 27.8 Å². The second-order valence-electron chi connectivity index (χ2n) is 12.0. The van der Waals surface area contributed by atoms with Gasteiger partial charge in [-0.1, -0.05) is 0 Å². The zero-order chi connectivity index (χ0) is 29.7. The average molecular weight is 602 g/mol. The van der Waals surface area contributed by atoms with Crippen LogP contribution < -0.4 is 14.5 Å². The van der Waals surface area contributed by atoms with Crippen LogP contribution in [0.15, 0.2) is 36.7 Å². The van der Waals surface area contributed by atoms with Crippen LogP contribution in [-0.4, -0.2) is 77.2 Å². The summed E-state index contributed by atoms with van der Waals surface area (Å²) < 4.78 is 57.2. The summed E-state index contributed by atoms with van der Waals surface area (Å²) in [7, 11) is -3.75. The number of benzene rings is 1. The lowest BCUT2D eigenvalue weighted by Crippen LogP contribution is -2.40. The zero-order valence-electron chi connectivity index (χ0n) is 23.9. The number of sulfonamides is 1. The largest absolute Gasteiger partial charge is 0.395 e. The molecule has 2 aliphatic heterocycles. The molecule has 1 aromatic carbocycles. The molecule has 6 rings (SSSR count). The van der Waals surface area contributed by atoms with E-state index >= 15 is 0 Å². The van der Waals surface area contributed by atoms with E-state index in [1.54, 1.807) is 21.8 Å². The Kier molecular flexibility index (Phi) is 7.37. The highest BCUT2D eigenvalue weighted by atomic mass is 32.2. The number of piperidine rings is 2. The first-order valence-electron chi connectivity index (χ1n) is 14.5. The summed E-state index contributed by atoms with van der Waals surface area (Å²) in [5, 5.41) is 13.1. The van der Waals surface area contributed by atoms with E-state index in [2.05, 4.69) is 19.7 Å². The van der Waals surface area contributed by atoms with Crippen LogP contribution in [0.5, 0.6) is 0 Å². The first kappa shape index (κ1) is 28.8. The number of hydrogen-bond acceptors (Lipinski definition) is 8. The molecule has 1 saturated carbocycles. The van der Waals surface area contributed by atoms with Crippen molar-refractivity contribution >= 4 is 27.3 Å². The Morgan fingerprint density at radius 2 is 1.67 bits per heavy atom. The van der Waals surface area contributed by atoms with Crippen molar-refractivity contribution in [2.45, 2.75) is 63.5 Å². The number of aryl methyl sites for hydroxylation is 1. The number of aromatic nitrogens is 4. The normalized spacial score (nSPS) is 20.5. The van der Waals surface area contributed by atoms with Gasteiger partial charge in [-0.15, -0.1) is 0 Å². The van der Waals surface area contributed by atoms with E-state index in [0.717, 1.165) is 48.6 Å². The van der Waals surface area contributed by atoms with E-state index in [9.17, 15) is 22.3 Å². The van der Waals surface area contributed by atoms with Crippen LogP contribution in [0.25, 0.3) is 16.9 Å². The van der Waals surface area contributed by atoms with Gasteiger partial charge < -0.3 is 14.9 Å². The highest BCUT2D eigenvalue weighted by Gasteiger charge is 2.44. The van der Waals surface area contributed by atoms with Gasteiger partial charge in [0, 0.05) is 56.5 Å². The molecule has 226 valence electrons. The smallest absolute Gasteiger partial charge is 0.251 e. The summed E-state index contributed by atoms with van der Waals surface area (Å²) in [6.45, 7) is 4.98. The van der Waals surface area contributed by atoms with Crippen LogP contribution in [0.2, 0.25) is 0 Å². The van der Waals surface area contributed by atoms with E-state index in [1.165, 1.54) is 19.8 Å². The van der Waals surface area contributed by atoms with Crippen molar-refractivity contribution in [1.82, 2.24) is 19.7 Å². The highest BCUT2D eigenvalue weighted by molar-refractivity contribution is 7.93. The first-order valence-corrected chi connectivity index (χ1v) is 16.1. The number of rotatable bonds is 8. The van der Waals surface area contributed by atoms with Gasteiger partial charge in [0.25, 0.3) is 5.92 Å². The Morgan fingerprint density at radius 3 is 2.33 bits per heavy atom. The third-order valence-corrected chi connectivity index (χ3v) is 10.6. The van der Waals surface area contributed by atoms with Crippen LogP contribution in [0.1, 0.15) is 51.1 Å². The molecule has 1 spiro atoms. The second kappa shape index (κ2) is 10.7. The Bertz CT molecular complexity index is 1550. The molecule has 0 amide bonds. The van der Waals surface area contributed by atoms with Crippen LogP contribution in [-0.2, 0) is 10.0 Å². The van der Waals surface area contributed by atoms with Crippen LogP contribution in [0, 0.1) is 12.3 Å². The van der Waals surface area contributed by atoms with Gasteiger partial charge in [0.1, 0.15) is 5.25 Å². The number of nitrogens with zero attached hydrogens (tertiary/aromatic N) is 6. The summed E-state index contributed by atoms with van der Waals surface area (Å²) in [5.41, 5.74) is 4.71. The Balaban J connectivity index is 1.31. The summed E-state index contributed by atoms with van der Waals surface area (Å²) in [6, 6.07) is 7.24. The van der Waals surface area contributed by atoms with Crippen molar-refractivity contribution in [2.75, 3.05) is 47.3 Å². The fraction of sp³-hybridized carbons (Fsp3) is 0.552. The van der Waals surface area contributed by atoms with Crippen molar-refractivity contribution in [3.63, 3.8) is 0 Å². The van der Waals surface area contributed by atoms with Gasteiger partial charge in [0.2, 0.25) is 16.0 Å². The molecule has 0 unspecified atom stereocenters. The third-order valence-electron chi connectivity index (χ3n) is 8.89. The summed E-state index contributed by atoms with van der Waals surface area (Å²) in [5.74, 6) is -2.22. The predicted octanol–water partition coefficient (Wildman–Crippen LogP) is 4.38. The Labute approximate surface area is 244 Å². The van der Waals surface area contributed by atoms with E-state index in [-0.39, 0.29) is 25.9 Å². The van der Waals surface area contributed by atoms with Crippen molar-refractivity contribution in [1.29, 1.82) is 0 Å². The lowest BCUT2D eigenvalue weighted by molar-refractivity contribution is -0.0222. The van der Waals surface area contributed by atoms with E-state index in [1.807, 2.05) is 31.3 Å². The maximum absolute atomic E-state index is 13.7. The quantitative estimate of drug-likeness (QED) is 0.391. The second-order valence-corrected chi connectivity index (χ2v) is 14.1. The molecule has 2 aromatic heterocycles. The standard InChI is InChI=1S/C29H37F2N7O3S/c1-20-15-24(34-27(33-20)37-13-9-29(30,31)10-14-37)22-17-32-38(18-22)25-4-3-23(35-42(40,41)21(2)19-39)16-26(25)36-11-7-28(5-6-28)8-12-36/h3-4,15-18,21,35,39H,5-14,19H2,1-2H3/t21-/m1/s1. The maximum Gasteiger partial charge on any atom is 0.251 e. The highest BCUT2D eigenvalue weighted by Crippen LogP contribution is 2.54. The Morgan fingerprint density at radius 1 is 0.976 bits per heavy atom. The number of aliphatic hydroxyl groups excluding tert-OH is 1. The van der Waals surface area contributed by atoms with Gasteiger partial charge in [-0.25, -0.2) is 31.8 Å². The number of alkyl halides is 2. The topological polar surface area (TPSA) is 116 Å². The maximum atomic E-state index is 13.7. The van der Waals surface area contributed by atoms with Gasteiger partial charge in [0.15, 0.2) is 0 Å². The molecule has 10 nitrogen and oxygen atoms in total. The van der Waals surface area contributed by atoms with Gasteiger partial charge in [-0.2, -0.15) is 5.10 Å². The van der Waals surface area contributed by atoms with Crippen molar-refractivity contribution in [3.05, 3.63) is 42.4 Å². The minimum atomic E-state index is -3.75. The molecule has 1 aliphatic carbocycles. The molecule has 0 radical (unpaired) electrons. The van der Waals surface area contributed by atoms with Crippen molar-refractivity contribution in [2.24, 2.45) is 5.41 Å². The summed E-state index contributed by atoms with van der Waals surface area (Å²) in [6.07, 6.45) is 7.89. The van der Waals surface area contributed by atoms with E-state index in [0.29, 0.717) is 22.7 Å². The molecule has 42 heavy (non-hydrogen) atoms. The number of aliphatic hydroxyl groups is 1. The third kappa shape index (κ3) is 5.94. The molecule has 4 heterocycles. The van der Waals surface area contributed by atoms with Gasteiger partial charge >= 0.3 is 0 Å². The molecule has 0 bridgehead atoms. The number of hydrogen-bond donors (Lipinski definition) is 2. The van der Waals surface area contributed by atoms with Gasteiger partial charge in [0.05, 0.1) is 35.6 Å². The SMILES string of the molecule is Cc1cc(-c2cnn(-c3ccc(NS(=O)(=O)[C@H](C)CO)cc3N3CCC4(CC3)CC4)c2)nc(N2CCC(F)(F)CC2)n1. The number of nitrogens with one attached hydrogen (secondary N) is 1. The number of halogens is 2. The Hall–Kier alpha value is -3.32. The molecule has 3 fully saturated rings.